The lowest BCUT2D eigenvalue weighted by atomic mass is 9.87. The zero-order valence-corrected chi connectivity index (χ0v) is 40.6. The van der Waals surface area contributed by atoms with Crippen LogP contribution in [0.25, 0.3) is 32.3 Å². The van der Waals surface area contributed by atoms with Crippen molar-refractivity contribution in [3.8, 4) is 0 Å². The summed E-state index contributed by atoms with van der Waals surface area (Å²) in [5, 5.41) is 7.68. The number of fused-ring (bicyclic) bond motifs is 3. The van der Waals surface area contributed by atoms with Gasteiger partial charge in [-0.25, -0.2) is 27.4 Å². The predicted molar refractivity (Wildman–Crippen MR) is 241 cm³/mol. The van der Waals surface area contributed by atoms with Crippen LogP contribution in [0.5, 0.6) is 0 Å². The summed E-state index contributed by atoms with van der Waals surface area (Å²) in [7, 11) is 0. The Balaban J connectivity index is 0.00000198. The number of rotatable bonds is 12. The van der Waals surface area contributed by atoms with Gasteiger partial charge in [-0.15, -0.1) is 0 Å². The molecule has 0 saturated heterocycles. The molecule has 10 rings (SSSR count). The maximum atomic E-state index is 2.35. The Kier molecular flexibility index (Phi) is 14.3. The molecule has 6 nitrogen and oxygen atoms in total. The number of nitrogens with zero attached hydrogens (tertiary/aromatic N) is 6. The second-order valence-electron chi connectivity index (χ2n) is 16.6. The third-order valence-corrected chi connectivity index (χ3v) is 12.5. The molecule has 0 aliphatic heterocycles. The molecule has 0 radical (unpaired) electrons. The van der Waals surface area contributed by atoms with E-state index >= 15 is 0 Å². The summed E-state index contributed by atoms with van der Waals surface area (Å²) < 4.78 is 13.9. The Hall–Kier alpha value is -5.61. The molecule has 7 aromatic carbocycles. The Morgan fingerprint density at radius 2 is 0.619 bits per heavy atom. The van der Waals surface area contributed by atoms with Crippen molar-refractivity contribution in [2.45, 2.75) is 60.0 Å². The molecule has 3 aromatic heterocycles. The zero-order chi connectivity index (χ0) is 40.6. The highest BCUT2D eigenvalue weighted by Crippen LogP contribution is 2.30. The maximum Gasteiger partial charge on any atom is 0.244 e. The molecule has 0 bridgehead atoms. The monoisotopic (exact) mass is 1020 g/mol. The number of imidazole rings is 3. The number of benzene rings is 7. The van der Waals surface area contributed by atoms with Crippen LogP contribution >= 0.6 is 0 Å². The van der Waals surface area contributed by atoms with Crippen molar-refractivity contribution < 1.29 is 64.6 Å². The van der Waals surface area contributed by atoms with Crippen LogP contribution in [0, 0.1) is 20.8 Å². The van der Waals surface area contributed by atoms with E-state index in [1.807, 2.05) is 0 Å². The molecule has 10 aromatic rings. The lowest BCUT2D eigenvalue weighted by Gasteiger charge is -2.20. The molecule has 0 amide bonds. The summed E-state index contributed by atoms with van der Waals surface area (Å²) in [4.78, 5) is 0. The molecule has 3 heterocycles. The lowest BCUT2D eigenvalue weighted by molar-refractivity contribution is -0.687. The van der Waals surface area contributed by atoms with E-state index in [1.54, 1.807) is 0 Å². The minimum Gasteiger partial charge on any atom is -1.00 e. The SMILES string of the molecule is Cc1c(Cn2cc[n+](Cc3ccc4ccccc4c3)c2)c(C)c(Cn2cc[n+](Cc3ccc4ccccc4c3)c2)c(C)c1Cn1cc[n+](Cc2ccc3ccccc3c2)c1.[Br-].[Br-].[Br-]. The van der Waals surface area contributed by atoms with Gasteiger partial charge in [-0.1, -0.05) is 109 Å². The molecule has 0 atom stereocenters. The smallest absolute Gasteiger partial charge is 0.244 e. The number of aromatic nitrogens is 6. The van der Waals surface area contributed by atoms with Gasteiger partial charge in [0.2, 0.25) is 19.0 Å². The molecule has 0 unspecified atom stereocenters. The van der Waals surface area contributed by atoms with Gasteiger partial charge in [0.1, 0.15) is 76.4 Å². The maximum absolute atomic E-state index is 2.35. The van der Waals surface area contributed by atoms with E-state index in [-0.39, 0.29) is 50.9 Å². The molecular weight excluding hydrogens is 972 g/mol. The minimum atomic E-state index is 0. The van der Waals surface area contributed by atoms with Crippen LogP contribution in [-0.4, -0.2) is 13.7 Å². The highest BCUT2D eigenvalue weighted by atomic mass is 79.9. The third-order valence-electron chi connectivity index (χ3n) is 12.5. The predicted octanol–water partition coefficient (Wildman–Crippen LogP) is 0.640. The molecular formula is C54H51Br3N6. The quantitative estimate of drug-likeness (QED) is 0.161. The van der Waals surface area contributed by atoms with E-state index in [4.69, 9.17) is 0 Å². The van der Waals surface area contributed by atoms with Gasteiger partial charge in [0, 0.05) is 16.7 Å². The van der Waals surface area contributed by atoms with Gasteiger partial charge < -0.3 is 50.9 Å². The standard InChI is InChI=1S/C54H51N6.3BrH/c1-40-52(34-58-25-22-55(37-58)31-43-16-19-46-10-4-7-13-49(46)28-43)41(2)54(36-60-27-24-57(39-60)33-45-18-21-48-12-6-9-15-51(48)30-45)42(3)53(40)35-59-26-23-56(38-59)32-44-17-20-47-11-5-8-14-50(47)29-44;;;/h4-30,37-39H,31-36H2,1-3H3;3*1H/q+3;;;/p-3. The first-order chi connectivity index (χ1) is 29.4. The summed E-state index contributed by atoms with van der Waals surface area (Å²) >= 11 is 0. The Labute approximate surface area is 401 Å². The average molecular weight is 1020 g/mol. The van der Waals surface area contributed by atoms with Crippen LogP contribution in [0.15, 0.2) is 184 Å². The molecule has 0 spiro atoms. The minimum absolute atomic E-state index is 0. The van der Waals surface area contributed by atoms with Crippen molar-refractivity contribution in [2.75, 3.05) is 0 Å². The molecule has 0 aliphatic rings. The fourth-order valence-corrected chi connectivity index (χ4v) is 9.17. The normalized spacial score (nSPS) is 11.1. The van der Waals surface area contributed by atoms with Crippen molar-refractivity contribution >= 4 is 32.3 Å². The van der Waals surface area contributed by atoms with Crippen molar-refractivity contribution in [2.24, 2.45) is 0 Å². The summed E-state index contributed by atoms with van der Waals surface area (Å²) in [5.74, 6) is 0. The Morgan fingerprint density at radius 3 is 0.905 bits per heavy atom. The summed E-state index contributed by atoms with van der Waals surface area (Å²) in [6.07, 6.45) is 20.1. The second kappa shape index (κ2) is 19.8. The molecule has 63 heavy (non-hydrogen) atoms. The highest BCUT2D eigenvalue weighted by molar-refractivity contribution is 5.84. The van der Waals surface area contributed by atoms with Gasteiger partial charge in [-0.3, -0.25) is 0 Å². The molecule has 0 aliphatic carbocycles. The lowest BCUT2D eigenvalue weighted by Crippen LogP contribution is -3.00. The van der Waals surface area contributed by atoms with Gasteiger partial charge in [-0.05, 0) is 105 Å². The average Bonchev–Trinajstić information content (AvgIpc) is 4.04. The van der Waals surface area contributed by atoms with E-state index in [0.717, 1.165) is 39.3 Å². The topological polar surface area (TPSA) is 26.4 Å². The van der Waals surface area contributed by atoms with Crippen LogP contribution in [0.1, 0.15) is 50.1 Å². The first-order valence-corrected chi connectivity index (χ1v) is 21.1. The van der Waals surface area contributed by atoms with Gasteiger partial charge in [-0.2, -0.15) is 0 Å². The van der Waals surface area contributed by atoms with Gasteiger partial charge in [0.05, 0.1) is 0 Å². The molecule has 0 fully saturated rings. The van der Waals surface area contributed by atoms with Crippen LogP contribution in [0.4, 0.5) is 0 Å². The van der Waals surface area contributed by atoms with Crippen LogP contribution in [0.2, 0.25) is 0 Å². The Morgan fingerprint density at radius 1 is 0.349 bits per heavy atom. The molecule has 318 valence electrons. The largest absolute Gasteiger partial charge is 1.00 e. The van der Waals surface area contributed by atoms with E-state index in [2.05, 4.69) is 232 Å². The zero-order valence-electron chi connectivity index (χ0n) is 35.9. The van der Waals surface area contributed by atoms with Crippen LogP contribution < -0.4 is 64.6 Å². The van der Waals surface area contributed by atoms with E-state index in [0.29, 0.717) is 0 Å². The first kappa shape index (κ1) is 45.4. The van der Waals surface area contributed by atoms with Crippen molar-refractivity contribution in [1.82, 2.24) is 13.7 Å². The van der Waals surface area contributed by atoms with Crippen LogP contribution in [0.3, 0.4) is 0 Å². The molecule has 0 saturated carbocycles. The van der Waals surface area contributed by atoms with E-state index in [1.165, 1.54) is 82.4 Å². The van der Waals surface area contributed by atoms with Crippen LogP contribution in [-0.2, 0) is 39.3 Å². The molecule has 9 heteroatoms. The third kappa shape index (κ3) is 9.96. The fraction of sp³-hybridized carbons (Fsp3) is 0.167. The van der Waals surface area contributed by atoms with Gasteiger partial charge in [0.25, 0.3) is 0 Å². The first-order valence-electron chi connectivity index (χ1n) is 21.1. The summed E-state index contributed by atoms with van der Waals surface area (Å²) in [6.45, 7) is 11.9. The van der Waals surface area contributed by atoms with E-state index in [9.17, 15) is 0 Å². The number of hydrogen-bond acceptors (Lipinski definition) is 0. The number of halogens is 3. The summed E-state index contributed by atoms with van der Waals surface area (Å²) in [6, 6.07) is 46.2. The van der Waals surface area contributed by atoms with Crippen molar-refractivity contribution in [3.63, 3.8) is 0 Å². The summed E-state index contributed by atoms with van der Waals surface area (Å²) in [5.41, 5.74) is 12.2. The highest BCUT2D eigenvalue weighted by Gasteiger charge is 2.23. The Bertz CT molecular complexity index is 2820. The van der Waals surface area contributed by atoms with Crippen molar-refractivity contribution in [1.29, 1.82) is 0 Å². The van der Waals surface area contributed by atoms with Gasteiger partial charge >= 0.3 is 0 Å². The van der Waals surface area contributed by atoms with Crippen molar-refractivity contribution in [3.05, 3.63) is 234 Å². The van der Waals surface area contributed by atoms with Gasteiger partial charge in [0.15, 0.2) is 0 Å². The second-order valence-corrected chi connectivity index (χ2v) is 16.6. The number of hydrogen-bond donors (Lipinski definition) is 0. The van der Waals surface area contributed by atoms with E-state index < -0.39 is 0 Å². The molecule has 0 N–H and O–H groups in total. The fourth-order valence-electron chi connectivity index (χ4n) is 9.17.